The zero-order valence-electron chi connectivity index (χ0n) is 12.3. The van der Waals surface area contributed by atoms with Gasteiger partial charge in [0.25, 0.3) is 0 Å². The number of ether oxygens (including phenoxy) is 2. The Morgan fingerprint density at radius 3 is 2.70 bits per heavy atom. The van der Waals surface area contributed by atoms with Crippen molar-refractivity contribution in [3.63, 3.8) is 0 Å². The molecule has 110 valence electrons. The van der Waals surface area contributed by atoms with E-state index in [4.69, 9.17) is 9.47 Å². The fourth-order valence-corrected chi connectivity index (χ4v) is 3.29. The lowest BCUT2D eigenvalue weighted by Gasteiger charge is -2.40. The summed E-state index contributed by atoms with van der Waals surface area (Å²) in [6, 6.07) is 11.2. The van der Waals surface area contributed by atoms with E-state index in [0.717, 1.165) is 32.4 Å². The van der Waals surface area contributed by atoms with Gasteiger partial charge in [-0.3, -0.25) is 0 Å². The van der Waals surface area contributed by atoms with Gasteiger partial charge in [-0.1, -0.05) is 18.2 Å². The van der Waals surface area contributed by atoms with Gasteiger partial charge in [0.15, 0.2) is 6.29 Å². The lowest BCUT2D eigenvalue weighted by molar-refractivity contribution is -0.192. The SMILES string of the molecule is C[C@@H]1C[C@H](OC2CCCCO2)CCN1c1ccccc1. The molecule has 3 heteroatoms. The van der Waals surface area contributed by atoms with Gasteiger partial charge in [-0.25, -0.2) is 0 Å². The van der Waals surface area contributed by atoms with Crippen molar-refractivity contribution in [1.82, 2.24) is 0 Å². The molecular formula is C17H25NO2. The second kappa shape index (κ2) is 6.59. The first-order chi connectivity index (χ1) is 9.83. The van der Waals surface area contributed by atoms with Crippen LogP contribution < -0.4 is 4.90 Å². The van der Waals surface area contributed by atoms with E-state index in [-0.39, 0.29) is 6.29 Å². The van der Waals surface area contributed by atoms with Crippen LogP contribution in [0.25, 0.3) is 0 Å². The zero-order valence-corrected chi connectivity index (χ0v) is 12.3. The quantitative estimate of drug-likeness (QED) is 0.841. The van der Waals surface area contributed by atoms with Gasteiger partial charge in [0.1, 0.15) is 0 Å². The van der Waals surface area contributed by atoms with Gasteiger partial charge in [-0.05, 0) is 51.2 Å². The smallest absolute Gasteiger partial charge is 0.157 e. The monoisotopic (exact) mass is 275 g/mol. The number of hydrogen-bond acceptors (Lipinski definition) is 3. The summed E-state index contributed by atoms with van der Waals surface area (Å²) in [5, 5.41) is 0. The van der Waals surface area contributed by atoms with E-state index >= 15 is 0 Å². The molecule has 0 N–H and O–H groups in total. The van der Waals surface area contributed by atoms with Gasteiger partial charge in [0, 0.05) is 24.9 Å². The third-order valence-corrected chi connectivity index (χ3v) is 4.40. The molecule has 20 heavy (non-hydrogen) atoms. The molecule has 2 fully saturated rings. The van der Waals surface area contributed by atoms with Gasteiger partial charge in [0.2, 0.25) is 0 Å². The molecular weight excluding hydrogens is 250 g/mol. The molecule has 2 aliphatic rings. The minimum atomic E-state index is 0.0456. The Hall–Kier alpha value is -1.06. The van der Waals surface area contributed by atoms with E-state index < -0.39 is 0 Å². The Morgan fingerprint density at radius 1 is 1.15 bits per heavy atom. The number of hydrogen-bond donors (Lipinski definition) is 0. The van der Waals surface area contributed by atoms with E-state index in [1.54, 1.807) is 0 Å². The number of anilines is 1. The first-order valence-corrected chi connectivity index (χ1v) is 7.91. The van der Waals surface area contributed by atoms with Crippen molar-refractivity contribution in [1.29, 1.82) is 0 Å². The van der Waals surface area contributed by atoms with Gasteiger partial charge in [-0.15, -0.1) is 0 Å². The maximum absolute atomic E-state index is 6.14. The Morgan fingerprint density at radius 2 is 2.00 bits per heavy atom. The predicted molar refractivity (Wildman–Crippen MR) is 80.9 cm³/mol. The molecule has 2 saturated heterocycles. The molecule has 0 radical (unpaired) electrons. The Labute approximate surface area is 121 Å². The highest BCUT2D eigenvalue weighted by Gasteiger charge is 2.28. The molecule has 0 amide bonds. The fraction of sp³-hybridized carbons (Fsp3) is 0.647. The summed E-state index contributed by atoms with van der Waals surface area (Å²) in [6.07, 6.45) is 6.07. The summed E-state index contributed by atoms with van der Waals surface area (Å²) in [6.45, 7) is 4.23. The standard InChI is InChI=1S/C17H25NO2/c1-14-13-16(20-17-9-5-6-12-19-17)10-11-18(14)15-7-3-2-4-8-15/h2-4,7-8,14,16-17H,5-6,9-13H2,1H3/t14-,16-,17?/m1/s1. The normalized spacial score (nSPS) is 31.2. The lowest BCUT2D eigenvalue weighted by atomic mass is 9.99. The van der Waals surface area contributed by atoms with E-state index in [1.807, 2.05) is 0 Å². The third-order valence-electron chi connectivity index (χ3n) is 4.40. The molecule has 0 saturated carbocycles. The molecule has 0 aliphatic carbocycles. The summed E-state index contributed by atoms with van der Waals surface area (Å²) in [5.74, 6) is 0. The first kappa shape index (κ1) is 13.9. The van der Waals surface area contributed by atoms with Crippen molar-refractivity contribution >= 4 is 5.69 Å². The van der Waals surface area contributed by atoms with Crippen LogP contribution in [-0.4, -0.2) is 31.6 Å². The van der Waals surface area contributed by atoms with Crippen LogP contribution in [0, 0.1) is 0 Å². The van der Waals surface area contributed by atoms with Crippen molar-refractivity contribution in [2.24, 2.45) is 0 Å². The maximum Gasteiger partial charge on any atom is 0.157 e. The predicted octanol–water partition coefficient (Wildman–Crippen LogP) is 3.59. The summed E-state index contributed by atoms with van der Waals surface area (Å²) >= 11 is 0. The number of piperidine rings is 1. The average Bonchev–Trinajstić information content (AvgIpc) is 2.49. The molecule has 2 heterocycles. The molecule has 0 bridgehead atoms. The van der Waals surface area contributed by atoms with Crippen LogP contribution in [0.15, 0.2) is 30.3 Å². The van der Waals surface area contributed by atoms with Gasteiger partial charge in [-0.2, -0.15) is 0 Å². The third kappa shape index (κ3) is 3.33. The summed E-state index contributed by atoms with van der Waals surface area (Å²) < 4.78 is 11.8. The zero-order chi connectivity index (χ0) is 13.8. The second-order valence-corrected chi connectivity index (χ2v) is 5.96. The molecule has 1 aromatic rings. The lowest BCUT2D eigenvalue weighted by Crippen LogP contribution is -2.45. The summed E-state index contributed by atoms with van der Waals surface area (Å²) in [7, 11) is 0. The Bertz CT molecular complexity index is 403. The molecule has 1 aromatic carbocycles. The van der Waals surface area contributed by atoms with E-state index in [9.17, 15) is 0 Å². The van der Waals surface area contributed by atoms with Crippen LogP contribution in [0.4, 0.5) is 5.69 Å². The number of rotatable bonds is 3. The van der Waals surface area contributed by atoms with Crippen molar-refractivity contribution in [3.8, 4) is 0 Å². The van der Waals surface area contributed by atoms with E-state index in [1.165, 1.54) is 18.5 Å². The molecule has 3 rings (SSSR count). The van der Waals surface area contributed by atoms with Crippen LogP contribution in [-0.2, 0) is 9.47 Å². The van der Waals surface area contributed by atoms with Crippen LogP contribution >= 0.6 is 0 Å². The number of para-hydroxylation sites is 1. The van der Waals surface area contributed by atoms with Crippen LogP contribution in [0.2, 0.25) is 0 Å². The average molecular weight is 275 g/mol. The number of nitrogens with zero attached hydrogens (tertiary/aromatic N) is 1. The van der Waals surface area contributed by atoms with Crippen molar-refractivity contribution < 1.29 is 9.47 Å². The highest BCUT2D eigenvalue weighted by Crippen LogP contribution is 2.27. The highest BCUT2D eigenvalue weighted by molar-refractivity contribution is 5.47. The molecule has 1 unspecified atom stereocenters. The van der Waals surface area contributed by atoms with Gasteiger partial charge in [0.05, 0.1) is 6.10 Å². The first-order valence-electron chi connectivity index (χ1n) is 7.91. The molecule has 3 nitrogen and oxygen atoms in total. The minimum Gasteiger partial charge on any atom is -0.369 e. The number of benzene rings is 1. The van der Waals surface area contributed by atoms with E-state index in [0.29, 0.717) is 12.1 Å². The van der Waals surface area contributed by atoms with E-state index in [2.05, 4.69) is 42.2 Å². The van der Waals surface area contributed by atoms with Crippen molar-refractivity contribution in [2.75, 3.05) is 18.1 Å². The van der Waals surface area contributed by atoms with Crippen molar-refractivity contribution in [3.05, 3.63) is 30.3 Å². The van der Waals surface area contributed by atoms with Crippen LogP contribution in [0.1, 0.15) is 39.0 Å². The largest absolute Gasteiger partial charge is 0.369 e. The van der Waals surface area contributed by atoms with Crippen LogP contribution in [0.5, 0.6) is 0 Å². The summed E-state index contributed by atoms with van der Waals surface area (Å²) in [5.41, 5.74) is 1.33. The molecule has 0 aromatic heterocycles. The second-order valence-electron chi connectivity index (χ2n) is 5.96. The van der Waals surface area contributed by atoms with Gasteiger partial charge < -0.3 is 14.4 Å². The topological polar surface area (TPSA) is 21.7 Å². The molecule has 0 spiro atoms. The van der Waals surface area contributed by atoms with Gasteiger partial charge >= 0.3 is 0 Å². The molecule has 2 aliphatic heterocycles. The maximum atomic E-state index is 6.14. The summed E-state index contributed by atoms with van der Waals surface area (Å²) in [4.78, 5) is 2.49. The van der Waals surface area contributed by atoms with Crippen molar-refractivity contribution in [2.45, 2.75) is 57.5 Å². The Kier molecular flexibility index (Phi) is 4.58. The minimum absolute atomic E-state index is 0.0456. The fourth-order valence-electron chi connectivity index (χ4n) is 3.29. The van der Waals surface area contributed by atoms with Crippen LogP contribution in [0.3, 0.4) is 0 Å². The highest BCUT2D eigenvalue weighted by atomic mass is 16.7. The molecule has 3 atom stereocenters. The Balaban J connectivity index is 1.54.